The van der Waals surface area contributed by atoms with Gasteiger partial charge in [0.1, 0.15) is 0 Å². The van der Waals surface area contributed by atoms with E-state index in [9.17, 15) is 9.59 Å². The van der Waals surface area contributed by atoms with Crippen molar-refractivity contribution in [1.29, 1.82) is 0 Å². The van der Waals surface area contributed by atoms with E-state index in [-0.39, 0.29) is 5.56 Å². The van der Waals surface area contributed by atoms with E-state index in [0.29, 0.717) is 22.2 Å². The fourth-order valence-corrected chi connectivity index (χ4v) is 4.62. The molecule has 1 saturated carbocycles. The van der Waals surface area contributed by atoms with Gasteiger partial charge < -0.3 is 15.3 Å². The third-order valence-corrected chi connectivity index (χ3v) is 6.03. The summed E-state index contributed by atoms with van der Waals surface area (Å²) < 4.78 is 2.25. The molecule has 0 bridgehead atoms. The molecule has 1 aliphatic carbocycles. The first-order valence-electron chi connectivity index (χ1n) is 8.17. The number of hydrogen-bond donors (Lipinski definition) is 2. The van der Waals surface area contributed by atoms with Gasteiger partial charge in [0.05, 0.1) is 15.8 Å². The Hall–Kier alpha value is -2.34. The number of hydrogen-bond acceptors (Lipinski definition) is 3. The van der Waals surface area contributed by atoms with Crippen LogP contribution in [0, 0.1) is 5.92 Å². The smallest absolute Gasteiger partial charge is 0.258 e. The molecule has 1 aliphatic rings. The molecule has 0 radical (unpaired) electrons. The maximum atomic E-state index is 12.5. The second kappa shape index (κ2) is 5.63. The molecule has 2 atom stereocenters. The lowest BCUT2D eigenvalue weighted by Gasteiger charge is -2.18. The van der Waals surface area contributed by atoms with Crippen molar-refractivity contribution in [3.05, 3.63) is 45.1 Å². The molecular weight excluding hydrogens is 322 g/mol. The van der Waals surface area contributed by atoms with Crippen LogP contribution in [-0.4, -0.2) is 15.5 Å². The topological polar surface area (TPSA) is 80.9 Å². The highest BCUT2D eigenvalue weighted by Gasteiger charge is 2.27. The summed E-state index contributed by atoms with van der Waals surface area (Å²) in [6.07, 6.45) is 7.33. The van der Waals surface area contributed by atoms with Crippen LogP contribution in [0.2, 0.25) is 0 Å². The highest BCUT2D eigenvalue weighted by molar-refractivity contribution is 7.12. The summed E-state index contributed by atoms with van der Waals surface area (Å²) >= 11 is 1.31. The van der Waals surface area contributed by atoms with Crippen LogP contribution in [0.5, 0.6) is 0 Å². The first-order valence-corrected chi connectivity index (χ1v) is 9.05. The molecule has 3 N–H and O–H groups in total. The first kappa shape index (κ1) is 15.2. The van der Waals surface area contributed by atoms with Crippen molar-refractivity contribution in [2.75, 3.05) is 0 Å². The Bertz CT molecular complexity index is 982. The van der Waals surface area contributed by atoms with Gasteiger partial charge >= 0.3 is 0 Å². The van der Waals surface area contributed by atoms with Crippen LogP contribution in [-0.2, 0) is 0 Å². The maximum Gasteiger partial charge on any atom is 0.258 e. The summed E-state index contributed by atoms with van der Waals surface area (Å²) in [6, 6.07) is 4.15. The Morgan fingerprint density at radius 3 is 2.92 bits per heavy atom. The van der Waals surface area contributed by atoms with Crippen molar-refractivity contribution in [1.82, 2.24) is 9.55 Å². The van der Waals surface area contributed by atoms with E-state index in [1.54, 1.807) is 12.3 Å². The Morgan fingerprint density at radius 1 is 1.42 bits per heavy atom. The summed E-state index contributed by atoms with van der Waals surface area (Å²) in [5, 5.41) is 2.58. The molecule has 0 spiro atoms. The molecule has 124 valence electrons. The van der Waals surface area contributed by atoms with Gasteiger partial charge in [0.15, 0.2) is 0 Å². The van der Waals surface area contributed by atoms with Crippen LogP contribution in [0.4, 0.5) is 0 Å². The third-order valence-electron chi connectivity index (χ3n) is 5.08. The fourth-order valence-electron chi connectivity index (χ4n) is 3.86. The second-order valence-electron chi connectivity index (χ2n) is 6.56. The van der Waals surface area contributed by atoms with Crippen LogP contribution in [0.15, 0.2) is 34.7 Å². The van der Waals surface area contributed by atoms with Crippen LogP contribution in [0.25, 0.3) is 22.0 Å². The van der Waals surface area contributed by atoms with Gasteiger partial charge in [-0.05, 0) is 41.8 Å². The summed E-state index contributed by atoms with van der Waals surface area (Å²) in [5.74, 6) is 0.157. The molecule has 0 saturated heterocycles. The van der Waals surface area contributed by atoms with E-state index in [0.717, 1.165) is 23.1 Å². The molecule has 5 nitrogen and oxygen atoms in total. The average Bonchev–Trinajstić information content (AvgIpc) is 3.24. The predicted octanol–water partition coefficient (Wildman–Crippen LogP) is 3.52. The Labute approximate surface area is 143 Å². The molecule has 0 unspecified atom stereocenters. The Balaban J connectivity index is 1.95. The largest absolute Gasteiger partial charge is 0.365 e. The zero-order valence-electron chi connectivity index (χ0n) is 13.4. The number of aromatic nitrogens is 2. The molecule has 1 amide bonds. The number of fused-ring (bicyclic) bond motifs is 1. The number of rotatable bonds is 3. The Morgan fingerprint density at radius 2 is 2.25 bits per heavy atom. The van der Waals surface area contributed by atoms with Crippen molar-refractivity contribution in [2.45, 2.75) is 32.2 Å². The molecule has 6 heteroatoms. The number of primary amides is 1. The predicted molar refractivity (Wildman–Crippen MR) is 96.4 cm³/mol. The van der Waals surface area contributed by atoms with Gasteiger partial charge in [-0.3, -0.25) is 9.59 Å². The van der Waals surface area contributed by atoms with Gasteiger partial charge in [-0.25, -0.2) is 0 Å². The van der Waals surface area contributed by atoms with Crippen LogP contribution < -0.4 is 11.3 Å². The third kappa shape index (κ3) is 2.29. The highest BCUT2D eigenvalue weighted by Crippen LogP contribution is 2.40. The van der Waals surface area contributed by atoms with Crippen LogP contribution in [0.1, 0.15) is 41.9 Å². The molecule has 3 aromatic heterocycles. The van der Waals surface area contributed by atoms with Crippen molar-refractivity contribution in [3.8, 4) is 11.1 Å². The van der Waals surface area contributed by atoms with E-state index in [1.807, 2.05) is 11.4 Å². The van der Waals surface area contributed by atoms with Crippen LogP contribution >= 0.6 is 11.3 Å². The SMILES string of the molecule is C[C@H]1CCC[C@H]1n1cc(-c2csc(C(N)=O)c2)c2c(=O)[nH]ccc21. The standard InChI is InChI=1S/C18H19N3O2S/c1-10-3-2-4-13(10)21-8-12(11-7-15(17(19)22)24-9-11)16-14(21)5-6-20-18(16)23/h5-10,13H,2-4H2,1H3,(H2,19,22)(H,20,23)/t10-,13+/m0/s1. The number of nitrogens with two attached hydrogens (primary N) is 1. The summed E-state index contributed by atoms with van der Waals surface area (Å²) in [7, 11) is 0. The number of carbonyl (C=O) groups excluding carboxylic acids is 1. The van der Waals surface area contributed by atoms with Crippen LogP contribution in [0.3, 0.4) is 0 Å². The fraction of sp³-hybridized carbons (Fsp3) is 0.333. The molecule has 0 aromatic carbocycles. The average molecular weight is 341 g/mol. The monoisotopic (exact) mass is 341 g/mol. The van der Waals surface area contributed by atoms with E-state index in [4.69, 9.17) is 5.73 Å². The normalized spacial score (nSPS) is 20.7. The highest BCUT2D eigenvalue weighted by atomic mass is 32.1. The molecule has 3 heterocycles. The quantitative estimate of drug-likeness (QED) is 0.764. The molecule has 3 aromatic rings. The van der Waals surface area contributed by atoms with E-state index >= 15 is 0 Å². The van der Waals surface area contributed by atoms with E-state index in [1.165, 1.54) is 24.2 Å². The zero-order valence-corrected chi connectivity index (χ0v) is 14.2. The zero-order chi connectivity index (χ0) is 16.8. The molecule has 1 fully saturated rings. The molecule has 0 aliphatic heterocycles. The number of thiophene rings is 1. The minimum absolute atomic E-state index is 0.0984. The van der Waals surface area contributed by atoms with Gasteiger partial charge in [0, 0.05) is 24.0 Å². The lowest BCUT2D eigenvalue weighted by Crippen LogP contribution is -2.11. The second-order valence-corrected chi connectivity index (χ2v) is 7.47. The van der Waals surface area contributed by atoms with Gasteiger partial charge in [0.25, 0.3) is 11.5 Å². The molecule has 4 rings (SSSR count). The number of carbonyl (C=O) groups is 1. The van der Waals surface area contributed by atoms with E-state index in [2.05, 4.69) is 22.7 Å². The van der Waals surface area contributed by atoms with E-state index < -0.39 is 5.91 Å². The molecular formula is C18H19N3O2S. The van der Waals surface area contributed by atoms with Crippen molar-refractivity contribution in [3.63, 3.8) is 0 Å². The minimum Gasteiger partial charge on any atom is -0.365 e. The Kier molecular flexibility index (Phi) is 3.57. The van der Waals surface area contributed by atoms with Crippen molar-refractivity contribution >= 4 is 28.1 Å². The van der Waals surface area contributed by atoms with Gasteiger partial charge in [-0.1, -0.05) is 13.3 Å². The van der Waals surface area contributed by atoms with Gasteiger partial charge in [0.2, 0.25) is 0 Å². The summed E-state index contributed by atoms with van der Waals surface area (Å²) in [5.41, 5.74) is 7.97. The number of nitrogens with zero attached hydrogens (tertiary/aromatic N) is 1. The summed E-state index contributed by atoms with van der Waals surface area (Å²) in [4.78, 5) is 27.1. The number of nitrogens with one attached hydrogen (secondary N) is 1. The lowest BCUT2D eigenvalue weighted by molar-refractivity contribution is 0.100. The van der Waals surface area contributed by atoms with Gasteiger partial charge in [-0.2, -0.15) is 0 Å². The number of amides is 1. The lowest BCUT2D eigenvalue weighted by atomic mass is 10.1. The summed E-state index contributed by atoms with van der Waals surface area (Å²) in [6.45, 7) is 2.27. The molecule has 24 heavy (non-hydrogen) atoms. The minimum atomic E-state index is -0.437. The van der Waals surface area contributed by atoms with Crippen molar-refractivity contribution in [2.24, 2.45) is 11.7 Å². The van der Waals surface area contributed by atoms with Crippen molar-refractivity contribution < 1.29 is 4.79 Å². The number of aromatic amines is 1. The first-order chi connectivity index (χ1) is 11.6. The van der Waals surface area contributed by atoms with Gasteiger partial charge in [-0.15, -0.1) is 11.3 Å². The number of pyridine rings is 1. The maximum absolute atomic E-state index is 12.5. The number of H-pyrrole nitrogens is 1.